The van der Waals surface area contributed by atoms with Gasteiger partial charge in [0.1, 0.15) is 0 Å². The Bertz CT molecular complexity index is 285. The van der Waals surface area contributed by atoms with Crippen molar-refractivity contribution in [2.24, 2.45) is 5.73 Å². The minimum atomic E-state index is 0.194. The summed E-state index contributed by atoms with van der Waals surface area (Å²) in [6.45, 7) is 3.53. The first kappa shape index (κ1) is 10.4. The Balaban J connectivity index is 2.58. The van der Waals surface area contributed by atoms with Gasteiger partial charge in [0.2, 0.25) is 5.95 Å². The number of aromatic nitrogens is 2. The first-order valence-electron chi connectivity index (χ1n) is 4.59. The number of rotatable bonds is 5. The SMILES string of the molecule is CCN(CCC(=N)N)c1ncccn1. The Morgan fingerprint density at radius 2 is 2.14 bits per heavy atom. The Hall–Kier alpha value is -1.65. The second-order valence-corrected chi connectivity index (χ2v) is 2.90. The molecule has 0 bridgehead atoms. The molecule has 0 radical (unpaired) electrons. The van der Waals surface area contributed by atoms with E-state index in [1.165, 1.54) is 0 Å². The zero-order valence-corrected chi connectivity index (χ0v) is 8.27. The molecule has 5 heteroatoms. The normalized spacial score (nSPS) is 9.79. The largest absolute Gasteiger partial charge is 0.388 e. The van der Waals surface area contributed by atoms with Crippen LogP contribution < -0.4 is 10.6 Å². The Morgan fingerprint density at radius 3 is 2.64 bits per heavy atom. The van der Waals surface area contributed by atoms with Crippen LogP contribution in [0.5, 0.6) is 0 Å². The average molecular weight is 193 g/mol. The molecule has 0 aromatic carbocycles. The van der Waals surface area contributed by atoms with Crippen molar-refractivity contribution in [2.75, 3.05) is 18.0 Å². The molecule has 0 aliphatic rings. The van der Waals surface area contributed by atoms with E-state index in [1.54, 1.807) is 18.5 Å². The number of amidine groups is 1. The van der Waals surface area contributed by atoms with E-state index in [-0.39, 0.29) is 5.84 Å². The summed E-state index contributed by atoms with van der Waals surface area (Å²) in [4.78, 5) is 10.3. The highest BCUT2D eigenvalue weighted by Crippen LogP contribution is 2.04. The molecule has 1 aromatic heterocycles. The van der Waals surface area contributed by atoms with Crippen LogP contribution in [-0.4, -0.2) is 28.9 Å². The summed E-state index contributed by atoms with van der Waals surface area (Å²) in [5.41, 5.74) is 5.29. The highest BCUT2D eigenvalue weighted by molar-refractivity contribution is 5.77. The molecular weight excluding hydrogens is 178 g/mol. The lowest BCUT2D eigenvalue weighted by Gasteiger charge is -2.19. The van der Waals surface area contributed by atoms with E-state index in [1.807, 2.05) is 11.8 Å². The maximum absolute atomic E-state index is 7.14. The number of anilines is 1. The number of hydrogen-bond donors (Lipinski definition) is 2. The van der Waals surface area contributed by atoms with Gasteiger partial charge < -0.3 is 10.6 Å². The summed E-state index contributed by atoms with van der Waals surface area (Å²) in [6.07, 6.45) is 3.96. The van der Waals surface area contributed by atoms with E-state index in [0.29, 0.717) is 18.9 Å². The van der Waals surface area contributed by atoms with Gasteiger partial charge in [0.15, 0.2) is 0 Å². The molecule has 76 valence electrons. The van der Waals surface area contributed by atoms with Crippen molar-refractivity contribution in [3.63, 3.8) is 0 Å². The molecule has 0 saturated heterocycles. The van der Waals surface area contributed by atoms with E-state index in [2.05, 4.69) is 9.97 Å². The summed E-state index contributed by atoms with van der Waals surface area (Å²) in [6, 6.07) is 1.78. The maximum Gasteiger partial charge on any atom is 0.225 e. The van der Waals surface area contributed by atoms with Gasteiger partial charge in [-0.3, -0.25) is 5.41 Å². The van der Waals surface area contributed by atoms with Crippen LogP contribution in [0.3, 0.4) is 0 Å². The Kier molecular flexibility index (Phi) is 3.84. The third-order valence-electron chi connectivity index (χ3n) is 1.87. The standard InChI is InChI=1S/C9H15N5/c1-2-14(7-4-8(10)11)9-12-5-3-6-13-9/h3,5-6H,2,4,7H2,1H3,(H3,10,11). The van der Waals surface area contributed by atoms with Crippen molar-refractivity contribution in [3.05, 3.63) is 18.5 Å². The van der Waals surface area contributed by atoms with Crippen molar-refractivity contribution in [3.8, 4) is 0 Å². The monoisotopic (exact) mass is 193 g/mol. The first-order valence-corrected chi connectivity index (χ1v) is 4.59. The predicted octanol–water partition coefficient (Wildman–Crippen LogP) is 0.629. The molecule has 0 aliphatic heterocycles. The highest BCUT2D eigenvalue weighted by Gasteiger charge is 2.05. The van der Waals surface area contributed by atoms with Crippen molar-refractivity contribution in [1.29, 1.82) is 5.41 Å². The van der Waals surface area contributed by atoms with Crippen LogP contribution in [0.2, 0.25) is 0 Å². The lowest BCUT2D eigenvalue weighted by atomic mass is 10.3. The first-order chi connectivity index (χ1) is 6.74. The minimum Gasteiger partial charge on any atom is -0.388 e. The van der Waals surface area contributed by atoms with Crippen LogP contribution in [0.1, 0.15) is 13.3 Å². The molecule has 5 nitrogen and oxygen atoms in total. The van der Waals surface area contributed by atoms with Gasteiger partial charge in [0.25, 0.3) is 0 Å². The zero-order valence-electron chi connectivity index (χ0n) is 8.27. The number of nitrogens with two attached hydrogens (primary N) is 1. The van der Waals surface area contributed by atoms with E-state index in [0.717, 1.165) is 6.54 Å². The lowest BCUT2D eigenvalue weighted by Crippen LogP contribution is -2.28. The van der Waals surface area contributed by atoms with Crippen LogP contribution in [0, 0.1) is 5.41 Å². The predicted molar refractivity (Wildman–Crippen MR) is 56.5 cm³/mol. The van der Waals surface area contributed by atoms with E-state index >= 15 is 0 Å². The molecule has 14 heavy (non-hydrogen) atoms. The van der Waals surface area contributed by atoms with Crippen molar-refractivity contribution >= 4 is 11.8 Å². The van der Waals surface area contributed by atoms with Crippen molar-refractivity contribution in [2.45, 2.75) is 13.3 Å². The molecule has 0 aliphatic carbocycles. The fourth-order valence-electron chi connectivity index (χ4n) is 1.11. The molecule has 0 fully saturated rings. The fraction of sp³-hybridized carbons (Fsp3) is 0.444. The van der Waals surface area contributed by atoms with Crippen LogP contribution in [0.15, 0.2) is 18.5 Å². The van der Waals surface area contributed by atoms with Gasteiger partial charge in [-0.15, -0.1) is 0 Å². The molecule has 1 rings (SSSR count). The topological polar surface area (TPSA) is 78.9 Å². The molecule has 1 aromatic rings. The van der Waals surface area contributed by atoms with Gasteiger partial charge >= 0.3 is 0 Å². The number of nitrogens with zero attached hydrogens (tertiary/aromatic N) is 3. The van der Waals surface area contributed by atoms with Crippen LogP contribution in [0.4, 0.5) is 5.95 Å². The van der Waals surface area contributed by atoms with E-state index < -0.39 is 0 Å². The number of hydrogen-bond acceptors (Lipinski definition) is 4. The molecule has 0 unspecified atom stereocenters. The summed E-state index contributed by atoms with van der Waals surface area (Å²) in [7, 11) is 0. The second-order valence-electron chi connectivity index (χ2n) is 2.90. The Labute approximate surface area is 83.5 Å². The van der Waals surface area contributed by atoms with Gasteiger partial charge in [-0.25, -0.2) is 9.97 Å². The highest BCUT2D eigenvalue weighted by atomic mass is 15.2. The van der Waals surface area contributed by atoms with Gasteiger partial charge in [0, 0.05) is 31.9 Å². The minimum absolute atomic E-state index is 0.194. The summed E-state index contributed by atoms with van der Waals surface area (Å²) >= 11 is 0. The average Bonchev–Trinajstić information content (AvgIpc) is 2.20. The summed E-state index contributed by atoms with van der Waals surface area (Å²) in [5, 5.41) is 7.14. The molecular formula is C9H15N5. The van der Waals surface area contributed by atoms with Gasteiger partial charge in [0.05, 0.1) is 5.84 Å². The second kappa shape index (κ2) is 5.16. The van der Waals surface area contributed by atoms with E-state index in [4.69, 9.17) is 11.1 Å². The van der Waals surface area contributed by atoms with Gasteiger partial charge in [-0.2, -0.15) is 0 Å². The van der Waals surface area contributed by atoms with Gasteiger partial charge in [-0.05, 0) is 13.0 Å². The fourth-order valence-corrected chi connectivity index (χ4v) is 1.11. The van der Waals surface area contributed by atoms with Crippen LogP contribution >= 0.6 is 0 Å². The van der Waals surface area contributed by atoms with Gasteiger partial charge in [-0.1, -0.05) is 0 Å². The molecule has 0 amide bonds. The molecule has 3 N–H and O–H groups in total. The molecule has 0 spiro atoms. The van der Waals surface area contributed by atoms with Crippen LogP contribution in [0.25, 0.3) is 0 Å². The van der Waals surface area contributed by atoms with Crippen molar-refractivity contribution in [1.82, 2.24) is 9.97 Å². The lowest BCUT2D eigenvalue weighted by molar-refractivity contribution is 0.794. The maximum atomic E-state index is 7.14. The third-order valence-corrected chi connectivity index (χ3v) is 1.87. The summed E-state index contributed by atoms with van der Waals surface area (Å²) in [5.74, 6) is 0.885. The zero-order chi connectivity index (χ0) is 10.4. The quantitative estimate of drug-likeness (QED) is 0.531. The number of nitrogens with one attached hydrogen (secondary N) is 1. The molecule has 0 saturated carbocycles. The van der Waals surface area contributed by atoms with Crippen LogP contribution in [-0.2, 0) is 0 Å². The summed E-state index contributed by atoms with van der Waals surface area (Å²) < 4.78 is 0. The molecule has 0 atom stereocenters. The third kappa shape index (κ3) is 3.01. The Morgan fingerprint density at radius 1 is 1.50 bits per heavy atom. The smallest absolute Gasteiger partial charge is 0.225 e. The van der Waals surface area contributed by atoms with Crippen molar-refractivity contribution < 1.29 is 0 Å². The molecule has 1 heterocycles. The van der Waals surface area contributed by atoms with E-state index in [9.17, 15) is 0 Å².